The van der Waals surface area contributed by atoms with Crippen LogP contribution in [0.4, 0.5) is 0 Å². The van der Waals surface area contributed by atoms with Crippen LogP contribution in [0.25, 0.3) is 0 Å². The van der Waals surface area contributed by atoms with Crippen LogP contribution in [-0.4, -0.2) is 47.4 Å². The first-order valence-electron chi connectivity index (χ1n) is 34.3. The minimum atomic E-state index is -0.844. The Morgan fingerprint density at radius 2 is 0.658 bits per heavy atom. The van der Waals surface area contributed by atoms with Crippen LogP contribution in [0.15, 0.2) is 36.5 Å². The fourth-order valence-corrected chi connectivity index (χ4v) is 10.7. The van der Waals surface area contributed by atoms with E-state index in [4.69, 9.17) is 4.74 Å². The van der Waals surface area contributed by atoms with E-state index in [1.165, 1.54) is 295 Å². The molecule has 0 aromatic carbocycles. The van der Waals surface area contributed by atoms with Crippen LogP contribution < -0.4 is 5.32 Å². The summed E-state index contributed by atoms with van der Waals surface area (Å²) in [4.78, 5) is 24.6. The Hall–Kier alpha value is -1.92. The van der Waals surface area contributed by atoms with Crippen molar-refractivity contribution in [2.75, 3.05) is 13.2 Å². The van der Waals surface area contributed by atoms with Crippen LogP contribution in [0.1, 0.15) is 373 Å². The average molecular weight is 1070 g/mol. The maximum Gasteiger partial charge on any atom is 0.305 e. The molecule has 448 valence electrons. The SMILES string of the molecule is CCCCCC/C=C\C/C=C\CCCCCCCCCC(=O)OCCCCCCCCCCCCCCCCCCCCCCCCCCC(=O)NC(CO)C(O)/C=C/CCCCCCCCCCCCCCCCC. The second kappa shape index (κ2) is 65.6. The smallest absolute Gasteiger partial charge is 0.305 e. The Morgan fingerprint density at radius 3 is 1.01 bits per heavy atom. The fourth-order valence-electron chi connectivity index (χ4n) is 10.7. The molecule has 76 heavy (non-hydrogen) atoms. The van der Waals surface area contributed by atoms with Gasteiger partial charge >= 0.3 is 5.97 Å². The van der Waals surface area contributed by atoms with Crippen LogP contribution in [0.5, 0.6) is 0 Å². The summed E-state index contributed by atoms with van der Waals surface area (Å²) in [6, 6.07) is -0.628. The third kappa shape index (κ3) is 61.3. The summed E-state index contributed by atoms with van der Waals surface area (Å²) in [5.41, 5.74) is 0. The summed E-state index contributed by atoms with van der Waals surface area (Å²) < 4.78 is 5.50. The van der Waals surface area contributed by atoms with Crippen molar-refractivity contribution in [2.24, 2.45) is 0 Å². The van der Waals surface area contributed by atoms with E-state index in [1.807, 2.05) is 6.08 Å². The van der Waals surface area contributed by atoms with E-state index in [1.54, 1.807) is 6.08 Å². The monoisotopic (exact) mass is 1070 g/mol. The topological polar surface area (TPSA) is 95.9 Å². The third-order valence-electron chi connectivity index (χ3n) is 15.9. The van der Waals surface area contributed by atoms with Gasteiger partial charge in [-0.05, 0) is 64.2 Å². The predicted molar refractivity (Wildman–Crippen MR) is 333 cm³/mol. The summed E-state index contributed by atoms with van der Waals surface area (Å²) >= 11 is 0. The van der Waals surface area contributed by atoms with Gasteiger partial charge in [0.2, 0.25) is 5.91 Å². The number of ether oxygens (including phenoxy) is 1. The molecule has 0 aromatic heterocycles. The van der Waals surface area contributed by atoms with Crippen molar-refractivity contribution in [3.8, 4) is 0 Å². The van der Waals surface area contributed by atoms with Crippen LogP contribution >= 0.6 is 0 Å². The second-order valence-corrected chi connectivity index (χ2v) is 23.5. The van der Waals surface area contributed by atoms with Gasteiger partial charge in [0.1, 0.15) is 0 Å². The fraction of sp³-hybridized carbons (Fsp3) is 0.886. The molecule has 6 nitrogen and oxygen atoms in total. The highest BCUT2D eigenvalue weighted by Crippen LogP contribution is 2.18. The summed E-state index contributed by atoms with van der Waals surface area (Å²) in [5.74, 6) is -0.0563. The molecular formula is C70H133NO5. The maximum absolute atomic E-state index is 12.5. The Kier molecular flexibility index (Phi) is 63.9. The predicted octanol–water partition coefficient (Wildman–Crippen LogP) is 21.9. The Balaban J connectivity index is 3.38. The van der Waals surface area contributed by atoms with Gasteiger partial charge in [-0.25, -0.2) is 0 Å². The Morgan fingerprint density at radius 1 is 0.368 bits per heavy atom. The zero-order chi connectivity index (χ0) is 55.0. The van der Waals surface area contributed by atoms with Gasteiger partial charge in [-0.2, -0.15) is 0 Å². The number of hydrogen-bond acceptors (Lipinski definition) is 5. The van der Waals surface area contributed by atoms with Gasteiger partial charge in [-0.15, -0.1) is 0 Å². The lowest BCUT2D eigenvalue weighted by Crippen LogP contribution is -2.45. The second-order valence-electron chi connectivity index (χ2n) is 23.5. The summed E-state index contributed by atoms with van der Waals surface area (Å²) in [6.45, 7) is 4.91. The lowest BCUT2D eigenvalue weighted by Gasteiger charge is -2.20. The molecule has 0 aliphatic carbocycles. The van der Waals surface area contributed by atoms with Gasteiger partial charge in [0.05, 0.1) is 25.4 Å². The molecule has 0 saturated heterocycles. The van der Waals surface area contributed by atoms with Crippen molar-refractivity contribution in [1.29, 1.82) is 0 Å². The molecule has 2 atom stereocenters. The number of amides is 1. The highest BCUT2D eigenvalue weighted by atomic mass is 16.5. The van der Waals surface area contributed by atoms with Gasteiger partial charge in [-0.1, -0.05) is 333 Å². The number of aliphatic hydroxyl groups excluding tert-OH is 2. The van der Waals surface area contributed by atoms with Crippen LogP contribution in [0.3, 0.4) is 0 Å². The maximum atomic E-state index is 12.5. The largest absolute Gasteiger partial charge is 0.466 e. The summed E-state index contributed by atoms with van der Waals surface area (Å²) in [7, 11) is 0. The number of unbranched alkanes of at least 4 members (excludes halogenated alkanes) is 49. The van der Waals surface area contributed by atoms with Crippen molar-refractivity contribution in [3.63, 3.8) is 0 Å². The van der Waals surface area contributed by atoms with Gasteiger partial charge in [0.15, 0.2) is 0 Å². The van der Waals surface area contributed by atoms with Crippen LogP contribution in [0.2, 0.25) is 0 Å². The molecule has 0 aliphatic heterocycles. The van der Waals surface area contributed by atoms with Gasteiger partial charge < -0.3 is 20.3 Å². The molecule has 0 saturated carbocycles. The van der Waals surface area contributed by atoms with Crippen molar-refractivity contribution >= 4 is 11.9 Å². The van der Waals surface area contributed by atoms with Crippen molar-refractivity contribution in [2.45, 2.75) is 386 Å². The molecule has 0 bridgehead atoms. The normalized spacial score (nSPS) is 12.7. The molecule has 3 N–H and O–H groups in total. The Labute approximate surface area is 474 Å². The summed E-state index contributed by atoms with van der Waals surface area (Å²) in [5, 5.41) is 23.2. The molecule has 0 aromatic rings. The first kappa shape index (κ1) is 74.1. The van der Waals surface area contributed by atoms with Crippen LogP contribution in [-0.2, 0) is 14.3 Å². The first-order valence-corrected chi connectivity index (χ1v) is 34.3. The molecule has 0 spiro atoms. The van der Waals surface area contributed by atoms with Gasteiger partial charge in [0.25, 0.3) is 0 Å². The number of carbonyl (C=O) groups excluding carboxylic acids is 2. The molecule has 0 heterocycles. The molecule has 6 heteroatoms. The van der Waals surface area contributed by atoms with E-state index in [2.05, 4.69) is 43.5 Å². The minimum absolute atomic E-state index is 0.00803. The van der Waals surface area contributed by atoms with E-state index in [0.717, 1.165) is 51.4 Å². The van der Waals surface area contributed by atoms with Crippen molar-refractivity contribution in [1.82, 2.24) is 5.32 Å². The van der Waals surface area contributed by atoms with Crippen LogP contribution in [0, 0.1) is 0 Å². The lowest BCUT2D eigenvalue weighted by molar-refractivity contribution is -0.143. The van der Waals surface area contributed by atoms with E-state index in [0.29, 0.717) is 19.4 Å². The standard InChI is InChI=1S/C70H133NO5/c1-3-5-7-9-11-13-15-17-19-21-32-36-40-44-48-52-56-60-64-70(75)76-65-61-57-53-49-45-41-37-33-29-27-25-23-22-24-26-28-31-35-39-43-47-51-55-59-63-69(74)71-67(66-72)68(73)62-58-54-50-46-42-38-34-30-20-18-16-14-12-10-8-6-4-2/h13,15,19,21,58,62,67-68,72-73H,3-12,14,16-18,20,22-57,59-61,63-66H2,1-2H3,(H,71,74)/b15-13-,21-19-,62-58+. The summed E-state index contributed by atoms with van der Waals surface area (Å²) in [6.07, 6.45) is 83.5. The number of carbonyl (C=O) groups is 2. The number of allylic oxidation sites excluding steroid dienone is 5. The highest BCUT2D eigenvalue weighted by molar-refractivity contribution is 5.76. The average Bonchev–Trinajstić information content (AvgIpc) is 3.42. The minimum Gasteiger partial charge on any atom is -0.466 e. The molecule has 0 rings (SSSR count). The molecule has 0 aliphatic rings. The van der Waals surface area contributed by atoms with E-state index < -0.39 is 12.1 Å². The third-order valence-corrected chi connectivity index (χ3v) is 15.9. The highest BCUT2D eigenvalue weighted by Gasteiger charge is 2.18. The van der Waals surface area contributed by atoms with Crippen molar-refractivity contribution in [3.05, 3.63) is 36.5 Å². The zero-order valence-electron chi connectivity index (χ0n) is 51.3. The quantitative estimate of drug-likeness (QED) is 0.0320. The first-order chi connectivity index (χ1) is 37.5. The van der Waals surface area contributed by atoms with E-state index in [-0.39, 0.29) is 18.5 Å². The van der Waals surface area contributed by atoms with E-state index in [9.17, 15) is 19.8 Å². The number of hydrogen-bond donors (Lipinski definition) is 3. The van der Waals surface area contributed by atoms with Crippen molar-refractivity contribution < 1.29 is 24.5 Å². The van der Waals surface area contributed by atoms with Gasteiger partial charge in [-0.3, -0.25) is 9.59 Å². The molecule has 1 amide bonds. The lowest BCUT2D eigenvalue weighted by atomic mass is 10.0. The van der Waals surface area contributed by atoms with Gasteiger partial charge in [0, 0.05) is 12.8 Å². The molecule has 2 unspecified atom stereocenters. The number of aliphatic hydroxyl groups is 2. The molecule has 0 radical (unpaired) electrons. The van der Waals surface area contributed by atoms with E-state index >= 15 is 0 Å². The number of rotatable bonds is 64. The molecule has 0 fully saturated rings. The Bertz CT molecular complexity index is 1230. The molecular weight excluding hydrogens is 935 g/mol. The number of esters is 1. The number of nitrogens with one attached hydrogen (secondary N) is 1. The zero-order valence-corrected chi connectivity index (χ0v) is 51.3.